The van der Waals surface area contributed by atoms with E-state index < -0.39 is 5.50 Å². The molecule has 1 aliphatic heterocycles. The van der Waals surface area contributed by atoms with Gasteiger partial charge in [-0.1, -0.05) is 55.2 Å². The fourth-order valence-corrected chi connectivity index (χ4v) is 4.15. The van der Waals surface area contributed by atoms with Crippen molar-refractivity contribution >= 4 is 58.2 Å². The summed E-state index contributed by atoms with van der Waals surface area (Å²) in [6, 6.07) is 14.7. The molecule has 1 N–H and O–H groups in total. The van der Waals surface area contributed by atoms with Crippen LogP contribution in [0.15, 0.2) is 54.1 Å². The first kappa shape index (κ1) is 23.5. The second-order valence-corrected chi connectivity index (χ2v) is 8.19. The predicted octanol–water partition coefficient (Wildman–Crippen LogP) is 4.93. The van der Waals surface area contributed by atoms with Crippen LogP contribution in [0.2, 0.25) is 5.02 Å². The van der Waals surface area contributed by atoms with Crippen molar-refractivity contribution < 1.29 is 9.53 Å². The highest BCUT2D eigenvalue weighted by atomic mass is 35.5. The minimum absolute atomic E-state index is 0.244. The topological polar surface area (TPSA) is 44.8 Å². The van der Waals surface area contributed by atoms with Gasteiger partial charge in [0.2, 0.25) is 0 Å². The standard InChI is InChI=1S/C23H25Cl2N3O2S/c1-3-27(4-2)13-14-30-20-8-6-5-7-16(20)15-19-21(25)28(23(31)26-22(19)29)18-11-9-17(24)10-12-18/h5-12,15,21H,3-4,13-14H2,1-2H3,(H,26,29,31)/b19-15+. The highest BCUT2D eigenvalue weighted by molar-refractivity contribution is 7.80. The van der Waals surface area contributed by atoms with E-state index in [1.165, 1.54) is 0 Å². The van der Waals surface area contributed by atoms with Gasteiger partial charge in [0.1, 0.15) is 17.9 Å². The number of hydrogen-bond donors (Lipinski definition) is 1. The smallest absolute Gasteiger partial charge is 0.256 e. The molecule has 0 saturated carbocycles. The Morgan fingerprint density at radius 3 is 2.52 bits per heavy atom. The van der Waals surface area contributed by atoms with E-state index in [1.807, 2.05) is 36.4 Å². The Morgan fingerprint density at radius 2 is 1.84 bits per heavy atom. The highest BCUT2D eigenvalue weighted by Crippen LogP contribution is 2.31. The third-order valence-corrected chi connectivity index (χ3v) is 6.06. The number of nitrogens with one attached hydrogen (secondary N) is 1. The molecule has 2 aromatic rings. The van der Waals surface area contributed by atoms with Crippen LogP contribution in [0, 0.1) is 0 Å². The maximum atomic E-state index is 12.7. The van der Waals surface area contributed by atoms with E-state index in [0.717, 1.165) is 30.9 Å². The number of carbonyl (C=O) groups is 1. The number of ether oxygens (including phenoxy) is 1. The summed E-state index contributed by atoms with van der Waals surface area (Å²) in [5.41, 5.74) is 1.13. The molecule has 0 spiro atoms. The molecule has 1 heterocycles. The quantitative estimate of drug-likeness (QED) is 0.252. The second kappa shape index (κ2) is 11.0. The molecule has 0 bridgehead atoms. The van der Waals surface area contributed by atoms with Gasteiger partial charge < -0.3 is 9.64 Å². The van der Waals surface area contributed by atoms with Crippen LogP contribution in [-0.2, 0) is 4.79 Å². The molecule has 31 heavy (non-hydrogen) atoms. The Bertz CT molecular complexity index is 962. The molecule has 1 amide bonds. The molecular weight excluding hydrogens is 453 g/mol. The predicted molar refractivity (Wildman–Crippen MR) is 132 cm³/mol. The third-order valence-electron chi connectivity index (χ3n) is 5.08. The van der Waals surface area contributed by atoms with Gasteiger partial charge in [-0.25, -0.2) is 0 Å². The number of thiocarbonyl (C=S) groups is 1. The minimum atomic E-state index is -0.772. The molecule has 2 aromatic carbocycles. The number of rotatable bonds is 8. The molecule has 1 unspecified atom stereocenters. The Balaban J connectivity index is 1.85. The zero-order valence-electron chi connectivity index (χ0n) is 17.5. The van der Waals surface area contributed by atoms with Gasteiger partial charge in [-0.05, 0) is 61.7 Å². The SMILES string of the molecule is CCN(CC)CCOc1ccccc1/C=C1/C(=O)NC(=S)N(c2ccc(Cl)cc2)C1Cl. The number of alkyl halides is 1. The Morgan fingerprint density at radius 1 is 1.16 bits per heavy atom. The number of carbonyl (C=O) groups excluding carboxylic acids is 1. The van der Waals surface area contributed by atoms with Crippen LogP contribution in [0.1, 0.15) is 19.4 Å². The van der Waals surface area contributed by atoms with Gasteiger partial charge in [0, 0.05) is 22.8 Å². The lowest BCUT2D eigenvalue weighted by Gasteiger charge is -2.35. The highest BCUT2D eigenvalue weighted by Gasteiger charge is 2.34. The van der Waals surface area contributed by atoms with Crippen LogP contribution in [0.4, 0.5) is 5.69 Å². The largest absolute Gasteiger partial charge is 0.492 e. The minimum Gasteiger partial charge on any atom is -0.492 e. The number of likely N-dealkylation sites (N-methyl/N-ethyl adjacent to an activating group) is 1. The summed E-state index contributed by atoms with van der Waals surface area (Å²) in [5.74, 6) is 0.373. The van der Waals surface area contributed by atoms with Crippen molar-refractivity contribution in [3.05, 3.63) is 64.7 Å². The van der Waals surface area contributed by atoms with Gasteiger partial charge in [0.05, 0.1) is 5.57 Å². The van der Waals surface area contributed by atoms with Gasteiger partial charge in [-0.2, -0.15) is 0 Å². The summed E-state index contributed by atoms with van der Waals surface area (Å²) in [4.78, 5) is 16.7. The molecule has 164 valence electrons. The zero-order valence-corrected chi connectivity index (χ0v) is 19.8. The molecule has 1 saturated heterocycles. The van der Waals surface area contributed by atoms with E-state index in [1.54, 1.807) is 23.1 Å². The molecule has 0 radical (unpaired) electrons. The second-order valence-electron chi connectivity index (χ2n) is 6.95. The maximum absolute atomic E-state index is 12.7. The lowest BCUT2D eigenvalue weighted by molar-refractivity contribution is -0.116. The van der Waals surface area contributed by atoms with Gasteiger partial charge in [-0.3, -0.25) is 15.0 Å². The number of anilines is 1. The lowest BCUT2D eigenvalue weighted by Crippen LogP contribution is -2.54. The van der Waals surface area contributed by atoms with Crippen molar-refractivity contribution in [3.63, 3.8) is 0 Å². The summed E-state index contributed by atoms with van der Waals surface area (Å²) in [5, 5.41) is 3.57. The summed E-state index contributed by atoms with van der Waals surface area (Å²) in [6.45, 7) is 7.58. The lowest BCUT2D eigenvalue weighted by atomic mass is 10.1. The molecule has 8 heteroatoms. The fraction of sp³-hybridized carbons (Fsp3) is 0.304. The third kappa shape index (κ3) is 5.77. The number of hydrogen-bond acceptors (Lipinski definition) is 4. The Hall–Kier alpha value is -2.12. The van der Waals surface area contributed by atoms with E-state index in [9.17, 15) is 4.79 Å². The summed E-state index contributed by atoms with van der Waals surface area (Å²) < 4.78 is 6.01. The maximum Gasteiger partial charge on any atom is 0.256 e. The molecule has 1 atom stereocenters. The van der Waals surface area contributed by atoms with Crippen molar-refractivity contribution in [2.45, 2.75) is 19.3 Å². The van der Waals surface area contributed by atoms with E-state index >= 15 is 0 Å². The Kier molecular flexibility index (Phi) is 8.32. The fourth-order valence-electron chi connectivity index (χ4n) is 3.29. The monoisotopic (exact) mass is 477 g/mol. The van der Waals surface area contributed by atoms with E-state index in [2.05, 4.69) is 24.1 Å². The van der Waals surface area contributed by atoms with Crippen LogP contribution in [0.5, 0.6) is 5.75 Å². The zero-order chi connectivity index (χ0) is 22.4. The molecule has 1 fully saturated rings. The van der Waals surface area contributed by atoms with Gasteiger partial charge in [-0.15, -0.1) is 0 Å². The van der Waals surface area contributed by atoms with Crippen LogP contribution < -0.4 is 15.0 Å². The van der Waals surface area contributed by atoms with E-state index in [-0.39, 0.29) is 11.0 Å². The number of para-hydroxylation sites is 1. The summed E-state index contributed by atoms with van der Waals surface area (Å²) >= 11 is 18.1. The van der Waals surface area contributed by atoms with Crippen molar-refractivity contribution in [2.24, 2.45) is 0 Å². The normalized spacial score (nSPS) is 17.9. The van der Waals surface area contributed by atoms with Crippen molar-refractivity contribution in [1.29, 1.82) is 0 Å². The average Bonchev–Trinajstić information content (AvgIpc) is 2.76. The van der Waals surface area contributed by atoms with Crippen molar-refractivity contribution in [1.82, 2.24) is 10.2 Å². The molecular formula is C23H25Cl2N3O2S. The number of nitrogens with zero attached hydrogens (tertiary/aromatic N) is 2. The molecule has 0 aliphatic carbocycles. The summed E-state index contributed by atoms with van der Waals surface area (Å²) in [7, 11) is 0. The first-order valence-corrected chi connectivity index (χ1v) is 11.4. The van der Waals surface area contributed by atoms with Gasteiger partial charge in [0.25, 0.3) is 5.91 Å². The van der Waals surface area contributed by atoms with Gasteiger partial charge in [0.15, 0.2) is 5.11 Å². The first-order chi connectivity index (χ1) is 14.9. The molecule has 0 aromatic heterocycles. The van der Waals surface area contributed by atoms with Crippen LogP contribution in [0.3, 0.4) is 0 Å². The molecule has 1 aliphatic rings. The van der Waals surface area contributed by atoms with Crippen molar-refractivity contribution in [2.75, 3.05) is 31.1 Å². The molecule has 5 nitrogen and oxygen atoms in total. The van der Waals surface area contributed by atoms with E-state index in [4.69, 9.17) is 40.2 Å². The number of halogens is 2. The summed E-state index contributed by atoms with van der Waals surface area (Å²) in [6.07, 6.45) is 1.75. The number of amides is 1. The van der Waals surface area contributed by atoms with Crippen LogP contribution >= 0.6 is 35.4 Å². The van der Waals surface area contributed by atoms with Crippen molar-refractivity contribution in [3.8, 4) is 5.75 Å². The first-order valence-electron chi connectivity index (χ1n) is 10.1. The average molecular weight is 478 g/mol. The van der Waals surface area contributed by atoms with Crippen LogP contribution in [0.25, 0.3) is 6.08 Å². The van der Waals surface area contributed by atoms with Gasteiger partial charge >= 0.3 is 0 Å². The van der Waals surface area contributed by atoms with E-state index in [0.29, 0.717) is 23.0 Å². The molecule has 3 rings (SSSR count). The van der Waals surface area contributed by atoms with Crippen LogP contribution in [-0.4, -0.2) is 47.7 Å². The number of benzene rings is 2. The Labute approximate surface area is 198 Å².